The Morgan fingerprint density at radius 2 is 1.55 bits per heavy atom. The van der Waals surface area contributed by atoms with Crippen LogP contribution in [-0.2, 0) is 16.5 Å². The van der Waals surface area contributed by atoms with Gasteiger partial charge in [0.05, 0.1) is 6.10 Å². The first-order chi connectivity index (χ1) is 14.6. The van der Waals surface area contributed by atoms with Crippen molar-refractivity contribution in [2.75, 3.05) is 0 Å². The van der Waals surface area contributed by atoms with Crippen LogP contribution in [0.4, 0.5) is 0 Å². The van der Waals surface area contributed by atoms with Crippen LogP contribution in [0.3, 0.4) is 0 Å². The Balaban J connectivity index is 1.94. The van der Waals surface area contributed by atoms with E-state index in [9.17, 15) is 8.42 Å². The van der Waals surface area contributed by atoms with Gasteiger partial charge in [-0.15, -0.1) is 5.10 Å². The molecule has 3 aromatic rings. The first kappa shape index (κ1) is 22.9. The van der Waals surface area contributed by atoms with E-state index >= 15 is 0 Å². The Hall–Kier alpha value is -2.80. The van der Waals surface area contributed by atoms with Gasteiger partial charge in [0.25, 0.3) is 5.88 Å². The topological polar surface area (TPSA) is 70.4 Å². The van der Waals surface area contributed by atoms with Crippen LogP contribution < -0.4 is 8.92 Å². The molecule has 0 unspecified atom stereocenters. The van der Waals surface area contributed by atoms with Crippen LogP contribution in [0.5, 0.6) is 11.6 Å². The molecule has 1 heterocycles. The highest BCUT2D eigenvalue weighted by Crippen LogP contribution is 2.29. The molecule has 0 saturated heterocycles. The lowest BCUT2D eigenvalue weighted by Crippen LogP contribution is -2.11. The molecule has 0 fully saturated rings. The SMILES string of the molecule is Cc1ccc(S(=O)(=O)Oc2nn(C(C)C)c(C)c2Cc2ccc(OC(C)C)cc2)cc1. The summed E-state index contributed by atoms with van der Waals surface area (Å²) in [5.74, 6) is 0.918. The van der Waals surface area contributed by atoms with Gasteiger partial charge in [-0.05, 0) is 71.4 Å². The highest BCUT2D eigenvalue weighted by Gasteiger charge is 2.24. The van der Waals surface area contributed by atoms with Crippen LogP contribution in [0.2, 0.25) is 0 Å². The van der Waals surface area contributed by atoms with Gasteiger partial charge in [0.1, 0.15) is 10.6 Å². The van der Waals surface area contributed by atoms with Crippen LogP contribution in [0.15, 0.2) is 53.4 Å². The third kappa shape index (κ3) is 5.47. The molecule has 6 nitrogen and oxygen atoms in total. The maximum Gasteiger partial charge on any atom is 0.340 e. The summed E-state index contributed by atoms with van der Waals surface area (Å²) in [5, 5.41) is 4.48. The number of nitrogens with zero attached hydrogens (tertiary/aromatic N) is 2. The lowest BCUT2D eigenvalue weighted by atomic mass is 10.1. The molecule has 1 aromatic heterocycles. The molecule has 0 radical (unpaired) electrons. The van der Waals surface area contributed by atoms with E-state index in [1.54, 1.807) is 28.9 Å². The third-order valence-corrected chi connectivity index (χ3v) is 6.13. The van der Waals surface area contributed by atoms with Crippen molar-refractivity contribution >= 4 is 10.1 Å². The van der Waals surface area contributed by atoms with Crippen molar-refractivity contribution in [2.24, 2.45) is 0 Å². The molecule has 0 aliphatic carbocycles. The van der Waals surface area contributed by atoms with Crippen molar-refractivity contribution in [1.82, 2.24) is 9.78 Å². The molecule has 0 saturated carbocycles. The average molecular weight is 443 g/mol. The van der Waals surface area contributed by atoms with Gasteiger partial charge < -0.3 is 8.92 Å². The smallest absolute Gasteiger partial charge is 0.340 e. The molecule has 0 aliphatic rings. The highest BCUT2D eigenvalue weighted by molar-refractivity contribution is 7.87. The maximum atomic E-state index is 12.9. The zero-order valence-electron chi connectivity index (χ0n) is 18.9. The van der Waals surface area contributed by atoms with Crippen molar-refractivity contribution in [2.45, 2.75) is 65.0 Å². The van der Waals surface area contributed by atoms with Crippen LogP contribution in [0.25, 0.3) is 0 Å². The van der Waals surface area contributed by atoms with Crippen LogP contribution in [0, 0.1) is 13.8 Å². The summed E-state index contributed by atoms with van der Waals surface area (Å²) in [6.45, 7) is 11.8. The zero-order valence-corrected chi connectivity index (χ0v) is 19.7. The molecule has 0 bridgehead atoms. The van der Waals surface area contributed by atoms with Gasteiger partial charge in [-0.3, -0.25) is 4.68 Å². The number of aryl methyl sites for hydroxylation is 1. The second-order valence-corrected chi connectivity index (χ2v) is 9.79. The predicted octanol–water partition coefficient (Wildman–Crippen LogP) is 5.23. The normalized spacial score (nSPS) is 11.9. The van der Waals surface area contributed by atoms with E-state index in [-0.39, 0.29) is 22.9 Å². The van der Waals surface area contributed by atoms with Gasteiger partial charge in [0.2, 0.25) is 0 Å². The van der Waals surface area contributed by atoms with Crippen molar-refractivity contribution < 1.29 is 17.3 Å². The van der Waals surface area contributed by atoms with Crippen molar-refractivity contribution in [3.63, 3.8) is 0 Å². The molecule has 166 valence electrons. The molecular formula is C24H30N2O4S. The summed E-state index contributed by atoms with van der Waals surface area (Å²) >= 11 is 0. The fourth-order valence-corrected chi connectivity index (χ4v) is 4.23. The number of benzene rings is 2. The van der Waals surface area contributed by atoms with E-state index in [1.807, 2.05) is 65.8 Å². The predicted molar refractivity (Wildman–Crippen MR) is 121 cm³/mol. The second-order valence-electron chi connectivity index (χ2n) is 8.25. The lowest BCUT2D eigenvalue weighted by Gasteiger charge is -2.11. The first-order valence-electron chi connectivity index (χ1n) is 10.4. The Kier molecular flexibility index (Phi) is 6.74. The second kappa shape index (κ2) is 9.14. The molecule has 0 N–H and O–H groups in total. The van der Waals surface area contributed by atoms with Gasteiger partial charge in [-0.2, -0.15) is 8.42 Å². The number of hydrogen-bond donors (Lipinski definition) is 0. The summed E-state index contributed by atoms with van der Waals surface area (Å²) in [7, 11) is -3.99. The molecule has 31 heavy (non-hydrogen) atoms. The fourth-order valence-electron chi connectivity index (χ4n) is 3.32. The van der Waals surface area contributed by atoms with Crippen LogP contribution in [-0.4, -0.2) is 24.3 Å². The van der Waals surface area contributed by atoms with Gasteiger partial charge in [-0.25, -0.2) is 0 Å². The van der Waals surface area contributed by atoms with E-state index in [0.29, 0.717) is 6.42 Å². The Bertz CT molecular complexity index is 1130. The fraction of sp³-hybridized carbons (Fsp3) is 0.375. The van der Waals surface area contributed by atoms with E-state index in [4.69, 9.17) is 8.92 Å². The Morgan fingerprint density at radius 1 is 0.935 bits per heavy atom. The largest absolute Gasteiger partial charge is 0.491 e. The Morgan fingerprint density at radius 3 is 2.10 bits per heavy atom. The highest BCUT2D eigenvalue weighted by atomic mass is 32.2. The van der Waals surface area contributed by atoms with Crippen LogP contribution in [0.1, 0.15) is 56.1 Å². The van der Waals surface area contributed by atoms with Gasteiger partial charge >= 0.3 is 10.1 Å². The minimum Gasteiger partial charge on any atom is -0.491 e. The third-order valence-electron chi connectivity index (χ3n) is 4.90. The monoisotopic (exact) mass is 442 g/mol. The van der Waals surface area contributed by atoms with Crippen molar-refractivity contribution in [3.05, 3.63) is 70.9 Å². The van der Waals surface area contributed by atoms with E-state index in [0.717, 1.165) is 28.1 Å². The quantitative estimate of drug-likeness (QED) is 0.447. The summed E-state index contributed by atoms with van der Waals surface area (Å²) < 4.78 is 38.8. The maximum absolute atomic E-state index is 12.9. The van der Waals surface area contributed by atoms with E-state index < -0.39 is 10.1 Å². The zero-order chi connectivity index (χ0) is 22.8. The summed E-state index contributed by atoms with van der Waals surface area (Å²) in [6.07, 6.45) is 0.601. The van der Waals surface area contributed by atoms with Crippen LogP contribution >= 0.6 is 0 Å². The minimum atomic E-state index is -3.99. The number of hydrogen-bond acceptors (Lipinski definition) is 5. The van der Waals surface area contributed by atoms with Gasteiger partial charge in [0.15, 0.2) is 0 Å². The van der Waals surface area contributed by atoms with Crippen molar-refractivity contribution in [3.8, 4) is 11.6 Å². The lowest BCUT2D eigenvalue weighted by molar-refractivity contribution is 0.242. The molecule has 3 rings (SSSR count). The molecule has 0 aliphatic heterocycles. The number of aromatic nitrogens is 2. The summed E-state index contributed by atoms with van der Waals surface area (Å²) in [4.78, 5) is 0.107. The minimum absolute atomic E-state index is 0.0694. The molecule has 0 spiro atoms. The standard InChI is InChI=1S/C24H30N2O4S/c1-16(2)26-19(6)23(15-20-9-11-21(12-10-20)29-17(3)4)24(25-26)30-31(27,28)22-13-7-18(5)8-14-22/h7-14,16-17H,15H2,1-6H3. The summed E-state index contributed by atoms with van der Waals surface area (Å²) in [5.41, 5.74) is 3.62. The van der Waals surface area contributed by atoms with Crippen molar-refractivity contribution in [1.29, 1.82) is 0 Å². The van der Waals surface area contributed by atoms with E-state index in [1.165, 1.54) is 0 Å². The Labute approximate surface area is 184 Å². The number of rotatable bonds is 8. The van der Waals surface area contributed by atoms with Gasteiger partial charge in [0, 0.05) is 23.7 Å². The summed E-state index contributed by atoms with van der Waals surface area (Å²) in [6, 6.07) is 14.4. The molecule has 0 amide bonds. The molecular weight excluding hydrogens is 412 g/mol. The number of ether oxygens (including phenoxy) is 1. The average Bonchev–Trinajstić information content (AvgIpc) is 2.98. The first-order valence-corrected chi connectivity index (χ1v) is 11.8. The molecule has 7 heteroatoms. The molecule has 2 aromatic carbocycles. The van der Waals surface area contributed by atoms with E-state index in [2.05, 4.69) is 5.10 Å². The molecule has 0 atom stereocenters. The van der Waals surface area contributed by atoms with Gasteiger partial charge in [-0.1, -0.05) is 29.8 Å².